The van der Waals surface area contributed by atoms with E-state index in [9.17, 15) is 17.6 Å². The van der Waals surface area contributed by atoms with E-state index in [-0.39, 0.29) is 37.0 Å². The Morgan fingerprint density at radius 3 is 2.34 bits per heavy atom. The lowest BCUT2D eigenvalue weighted by Gasteiger charge is -2.23. The Bertz CT molecular complexity index is 990. The number of para-hydroxylation sites is 1. The first kappa shape index (κ1) is 22.9. The zero-order chi connectivity index (χ0) is 21.8. The van der Waals surface area contributed by atoms with Crippen molar-refractivity contribution in [3.05, 3.63) is 64.5 Å². The first-order valence-electron chi connectivity index (χ1n) is 9.60. The van der Waals surface area contributed by atoms with Crippen LogP contribution in [0.3, 0.4) is 0 Å². The number of nitrogens with one attached hydrogen (secondary N) is 1. The molecule has 5 nitrogen and oxygen atoms in total. The molecule has 0 unspecified atom stereocenters. The maximum Gasteiger partial charge on any atom is 0.232 e. The van der Waals surface area contributed by atoms with Gasteiger partial charge in [-0.25, -0.2) is 12.8 Å². The molecule has 1 N–H and O–H groups in total. The van der Waals surface area contributed by atoms with Crippen LogP contribution in [0, 0.1) is 26.6 Å². The first-order chi connectivity index (χ1) is 13.5. The highest BCUT2D eigenvalue weighted by molar-refractivity contribution is 7.92. The van der Waals surface area contributed by atoms with Gasteiger partial charge in [-0.15, -0.1) is 0 Å². The van der Waals surface area contributed by atoms with Crippen LogP contribution in [0.2, 0.25) is 0 Å². The average molecular weight is 421 g/mol. The largest absolute Gasteiger partial charge is 0.350 e. The lowest BCUT2D eigenvalue weighted by molar-refractivity contribution is -0.121. The Morgan fingerprint density at radius 2 is 1.72 bits per heavy atom. The standard InChI is InChI=1S/C22H29FN2O3S/c1-15-13-17(3)19(14-16(15)2)18(4)24-22(26)11-8-12-25(29(5,27)28)21-10-7-6-9-20(21)23/h6-7,9-10,13-14,18H,8,11-12H2,1-5H3,(H,24,26)/t18-/m1/s1. The number of halogens is 1. The zero-order valence-corrected chi connectivity index (χ0v) is 18.4. The fourth-order valence-corrected chi connectivity index (χ4v) is 4.31. The van der Waals surface area contributed by atoms with Crippen molar-refractivity contribution in [3.63, 3.8) is 0 Å². The summed E-state index contributed by atoms with van der Waals surface area (Å²) in [6.45, 7) is 8.07. The van der Waals surface area contributed by atoms with Crippen molar-refractivity contribution < 1.29 is 17.6 Å². The Balaban J connectivity index is 1.99. The minimum absolute atomic E-state index is 0.00506. The second kappa shape index (κ2) is 9.39. The van der Waals surface area contributed by atoms with Crippen LogP contribution in [0.5, 0.6) is 0 Å². The SMILES string of the molecule is Cc1cc(C)c([C@@H](C)NC(=O)CCCN(c2ccccc2F)S(C)(=O)=O)cc1C. The number of carbonyl (C=O) groups excluding carboxylic acids is 1. The van der Waals surface area contributed by atoms with Gasteiger partial charge < -0.3 is 5.32 Å². The van der Waals surface area contributed by atoms with Gasteiger partial charge in [0.05, 0.1) is 18.0 Å². The van der Waals surface area contributed by atoms with Crippen LogP contribution >= 0.6 is 0 Å². The lowest BCUT2D eigenvalue weighted by atomic mass is 9.96. The van der Waals surface area contributed by atoms with E-state index in [4.69, 9.17) is 0 Å². The molecule has 0 radical (unpaired) electrons. The summed E-state index contributed by atoms with van der Waals surface area (Å²) in [7, 11) is -3.66. The van der Waals surface area contributed by atoms with E-state index in [0.717, 1.165) is 21.7 Å². The molecule has 0 aliphatic rings. The van der Waals surface area contributed by atoms with Crippen molar-refractivity contribution in [2.75, 3.05) is 17.1 Å². The van der Waals surface area contributed by atoms with Crippen LogP contribution in [0.15, 0.2) is 36.4 Å². The van der Waals surface area contributed by atoms with Crippen molar-refractivity contribution in [2.45, 2.75) is 46.6 Å². The first-order valence-corrected chi connectivity index (χ1v) is 11.4. The van der Waals surface area contributed by atoms with Gasteiger partial charge in [-0.3, -0.25) is 9.10 Å². The molecule has 1 atom stereocenters. The van der Waals surface area contributed by atoms with E-state index in [1.54, 1.807) is 6.07 Å². The molecule has 158 valence electrons. The molecule has 0 saturated carbocycles. The van der Waals surface area contributed by atoms with E-state index in [1.165, 1.54) is 29.3 Å². The van der Waals surface area contributed by atoms with Crippen LogP contribution in [0.1, 0.15) is 48.1 Å². The maximum absolute atomic E-state index is 14.0. The van der Waals surface area contributed by atoms with Gasteiger partial charge in [0.25, 0.3) is 0 Å². The van der Waals surface area contributed by atoms with E-state index < -0.39 is 15.8 Å². The molecular weight excluding hydrogens is 391 g/mol. The molecular formula is C22H29FN2O3S. The molecule has 0 spiro atoms. The summed E-state index contributed by atoms with van der Waals surface area (Å²) in [6, 6.07) is 9.75. The van der Waals surface area contributed by atoms with Gasteiger partial charge in [-0.05, 0) is 68.5 Å². The number of carbonyl (C=O) groups is 1. The fraction of sp³-hybridized carbons (Fsp3) is 0.409. The number of hydrogen-bond donors (Lipinski definition) is 1. The van der Waals surface area contributed by atoms with Gasteiger partial charge in [0.15, 0.2) is 0 Å². The van der Waals surface area contributed by atoms with Gasteiger partial charge in [0, 0.05) is 13.0 Å². The molecule has 29 heavy (non-hydrogen) atoms. The summed E-state index contributed by atoms with van der Waals surface area (Å²) >= 11 is 0. The highest BCUT2D eigenvalue weighted by Crippen LogP contribution is 2.23. The van der Waals surface area contributed by atoms with Gasteiger partial charge in [-0.2, -0.15) is 0 Å². The maximum atomic E-state index is 14.0. The Morgan fingerprint density at radius 1 is 1.10 bits per heavy atom. The van der Waals surface area contributed by atoms with Crippen LogP contribution in [-0.4, -0.2) is 27.1 Å². The van der Waals surface area contributed by atoms with Gasteiger partial charge in [0.2, 0.25) is 15.9 Å². The number of rotatable bonds is 8. The Labute approximate surface area is 173 Å². The lowest BCUT2D eigenvalue weighted by Crippen LogP contribution is -2.33. The molecule has 7 heteroatoms. The molecule has 2 aromatic rings. The zero-order valence-electron chi connectivity index (χ0n) is 17.6. The van der Waals surface area contributed by atoms with Crippen LogP contribution in [0.25, 0.3) is 0 Å². The second-order valence-electron chi connectivity index (χ2n) is 7.47. The molecule has 2 aromatic carbocycles. The highest BCUT2D eigenvalue weighted by Gasteiger charge is 2.21. The third-order valence-corrected chi connectivity index (χ3v) is 6.19. The summed E-state index contributed by atoms with van der Waals surface area (Å²) in [5.74, 6) is -0.779. The third kappa shape index (κ3) is 6.03. The van der Waals surface area contributed by atoms with Crippen LogP contribution in [0.4, 0.5) is 10.1 Å². The molecule has 0 aliphatic carbocycles. The minimum Gasteiger partial charge on any atom is -0.350 e. The molecule has 0 heterocycles. The number of nitrogens with zero attached hydrogens (tertiary/aromatic N) is 1. The number of amides is 1. The third-order valence-electron chi connectivity index (χ3n) is 5.01. The molecule has 0 aromatic heterocycles. The van der Waals surface area contributed by atoms with E-state index >= 15 is 0 Å². The van der Waals surface area contributed by atoms with E-state index in [2.05, 4.69) is 24.4 Å². The molecule has 0 aliphatic heterocycles. The van der Waals surface area contributed by atoms with Crippen molar-refractivity contribution >= 4 is 21.6 Å². The van der Waals surface area contributed by atoms with Crippen LogP contribution in [-0.2, 0) is 14.8 Å². The summed E-state index contributed by atoms with van der Waals surface area (Å²) in [5.41, 5.74) is 4.54. The highest BCUT2D eigenvalue weighted by atomic mass is 32.2. The normalized spacial score (nSPS) is 12.5. The summed E-state index contributed by atoms with van der Waals surface area (Å²) < 4.78 is 39.2. The monoisotopic (exact) mass is 420 g/mol. The van der Waals surface area contributed by atoms with E-state index in [0.29, 0.717) is 0 Å². The summed E-state index contributed by atoms with van der Waals surface area (Å²) in [6.07, 6.45) is 1.46. The van der Waals surface area contributed by atoms with Gasteiger partial charge in [0.1, 0.15) is 5.82 Å². The molecule has 0 saturated heterocycles. The quantitative estimate of drug-likeness (QED) is 0.697. The van der Waals surface area contributed by atoms with Gasteiger partial charge >= 0.3 is 0 Å². The second-order valence-corrected chi connectivity index (χ2v) is 9.38. The van der Waals surface area contributed by atoms with Gasteiger partial charge in [-0.1, -0.05) is 24.3 Å². The molecule has 0 bridgehead atoms. The van der Waals surface area contributed by atoms with Crippen molar-refractivity contribution in [1.29, 1.82) is 0 Å². The number of anilines is 1. The predicted octanol–water partition coefficient (Wildman–Crippen LogP) is 4.17. The number of sulfonamides is 1. The summed E-state index contributed by atoms with van der Waals surface area (Å²) in [4.78, 5) is 12.4. The molecule has 0 fully saturated rings. The fourth-order valence-electron chi connectivity index (χ4n) is 3.34. The smallest absolute Gasteiger partial charge is 0.232 e. The van der Waals surface area contributed by atoms with E-state index in [1.807, 2.05) is 20.8 Å². The minimum atomic E-state index is -3.66. The Hall–Kier alpha value is -2.41. The van der Waals surface area contributed by atoms with Crippen LogP contribution < -0.4 is 9.62 Å². The summed E-state index contributed by atoms with van der Waals surface area (Å²) in [5, 5.41) is 2.97. The number of aryl methyl sites for hydroxylation is 3. The van der Waals surface area contributed by atoms with Crippen molar-refractivity contribution in [1.82, 2.24) is 5.32 Å². The number of hydrogen-bond acceptors (Lipinski definition) is 3. The van der Waals surface area contributed by atoms with Crippen molar-refractivity contribution in [2.24, 2.45) is 0 Å². The topological polar surface area (TPSA) is 66.5 Å². The average Bonchev–Trinajstić information content (AvgIpc) is 2.61. The number of benzene rings is 2. The molecule has 2 rings (SSSR count). The molecule has 1 amide bonds. The predicted molar refractivity (Wildman–Crippen MR) is 115 cm³/mol. The van der Waals surface area contributed by atoms with Crippen molar-refractivity contribution in [3.8, 4) is 0 Å². The Kier molecular flexibility index (Phi) is 7.41.